The lowest BCUT2D eigenvalue weighted by Crippen LogP contribution is -2.38. The first kappa shape index (κ1) is 21.3. The number of hydrogen-bond acceptors (Lipinski definition) is 6. The van der Waals surface area contributed by atoms with E-state index in [-0.39, 0.29) is 34.6 Å². The van der Waals surface area contributed by atoms with E-state index >= 15 is 0 Å². The minimum atomic E-state index is -3.16. The van der Waals surface area contributed by atoms with E-state index in [4.69, 9.17) is 21.1 Å². The number of methoxy groups -OCH3 is 2. The number of aliphatic imine (C=N–C) groups is 1. The van der Waals surface area contributed by atoms with Crippen LogP contribution in [0.5, 0.6) is 11.5 Å². The van der Waals surface area contributed by atoms with Crippen molar-refractivity contribution in [2.75, 3.05) is 30.6 Å². The van der Waals surface area contributed by atoms with Crippen molar-refractivity contribution in [1.82, 2.24) is 0 Å². The molecular formula is C18H23ClN2O5S2. The number of hydrogen-bond donors (Lipinski definition) is 0. The normalized spacial score (nSPS) is 25.6. The molecule has 1 amide bonds. The lowest BCUT2D eigenvalue weighted by Gasteiger charge is -2.27. The Morgan fingerprint density at radius 2 is 2.00 bits per heavy atom. The number of fused-ring (bicyclic) bond motifs is 1. The van der Waals surface area contributed by atoms with Gasteiger partial charge in [0.05, 0.1) is 42.5 Å². The minimum Gasteiger partial charge on any atom is -0.495 e. The van der Waals surface area contributed by atoms with Crippen molar-refractivity contribution in [2.45, 2.75) is 31.6 Å². The molecule has 0 N–H and O–H groups in total. The maximum absolute atomic E-state index is 12.5. The summed E-state index contributed by atoms with van der Waals surface area (Å²) in [5.74, 6) is 0.529. The van der Waals surface area contributed by atoms with Crippen LogP contribution in [0, 0.1) is 5.92 Å². The van der Waals surface area contributed by atoms with Crippen LogP contribution in [0.25, 0.3) is 0 Å². The molecule has 0 bridgehead atoms. The number of benzene rings is 1. The summed E-state index contributed by atoms with van der Waals surface area (Å²) in [5.41, 5.74) is 0.570. The maximum Gasteiger partial charge on any atom is 0.250 e. The van der Waals surface area contributed by atoms with Crippen molar-refractivity contribution in [3.63, 3.8) is 0 Å². The fourth-order valence-corrected chi connectivity index (χ4v) is 7.41. The van der Waals surface area contributed by atoms with Crippen LogP contribution in [0.4, 0.5) is 5.69 Å². The smallest absolute Gasteiger partial charge is 0.250 e. The summed E-state index contributed by atoms with van der Waals surface area (Å²) in [4.78, 5) is 18.6. The van der Waals surface area contributed by atoms with Gasteiger partial charge in [0.25, 0.3) is 5.91 Å². The molecule has 2 fully saturated rings. The highest BCUT2D eigenvalue weighted by Crippen LogP contribution is 2.46. The van der Waals surface area contributed by atoms with Gasteiger partial charge in [-0.05, 0) is 12.5 Å². The average Bonchev–Trinajstić information content (AvgIpc) is 3.11. The van der Waals surface area contributed by atoms with E-state index in [9.17, 15) is 13.2 Å². The van der Waals surface area contributed by atoms with Gasteiger partial charge in [0.15, 0.2) is 15.0 Å². The molecule has 0 spiro atoms. The van der Waals surface area contributed by atoms with Crippen LogP contribution in [0.2, 0.25) is 5.02 Å². The zero-order valence-corrected chi connectivity index (χ0v) is 18.5. The van der Waals surface area contributed by atoms with Crippen molar-refractivity contribution < 1.29 is 22.7 Å². The highest BCUT2D eigenvalue weighted by atomic mass is 35.5. The predicted molar refractivity (Wildman–Crippen MR) is 113 cm³/mol. The van der Waals surface area contributed by atoms with Gasteiger partial charge in [0, 0.05) is 17.2 Å². The Hall–Kier alpha value is -1.45. The maximum atomic E-state index is 12.5. The zero-order chi connectivity index (χ0) is 20.6. The number of thioether (sulfide) groups is 1. The van der Waals surface area contributed by atoms with Crippen molar-refractivity contribution in [1.29, 1.82) is 0 Å². The van der Waals surface area contributed by atoms with Crippen molar-refractivity contribution in [3.05, 3.63) is 17.2 Å². The van der Waals surface area contributed by atoms with Crippen molar-refractivity contribution in [2.24, 2.45) is 10.9 Å². The molecule has 1 aromatic carbocycles. The van der Waals surface area contributed by atoms with E-state index < -0.39 is 9.84 Å². The second kappa shape index (κ2) is 8.12. The summed E-state index contributed by atoms with van der Waals surface area (Å²) < 4.78 is 35.1. The fourth-order valence-electron chi connectivity index (χ4n) is 3.26. The minimum absolute atomic E-state index is 0.00594. The zero-order valence-electron chi connectivity index (χ0n) is 16.1. The molecular weight excluding hydrogens is 424 g/mol. The van der Waals surface area contributed by atoms with Crippen LogP contribution in [0.15, 0.2) is 17.1 Å². The van der Waals surface area contributed by atoms with E-state index in [0.717, 1.165) is 0 Å². The standard InChI is InChI=1S/C18H23ClN2O5S2/c1-5-10(2)17(22)20-18-21(13-8-28(23,24)9-16(13)27-18)12-6-11(19)14(25-3)7-15(12)26-4/h6-7,10,13,16H,5,8-9H2,1-4H3. The topological polar surface area (TPSA) is 85.3 Å². The highest BCUT2D eigenvalue weighted by molar-refractivity contribution is 8.16. The Bertz CT molecular complexity index is 919. The van der Waals surface area contributed by atoms with Gasteiger partial charge in [-0.15, -0.1) is 0 Å². The lowest BCUT2D eigenvalue weighted by molar-refractivity contribution is -0.121. The number of carbonyl (C=O) groups is 1. The summed E-state index contributed by atoms with van der Waals surface area (Å²) in [6.45, 7) is 3.75. The first-order valence-corrected chi connectivity index (χ1v) is 12.0. The fraction of sp³-hybridized carbons (Fsp3) is 0.556. The monoisotopic (exact) mass is 446 g/mol. The molecule has 2 saturated heterocycles. The molecule has 2 aliphatic rings. The van der Waals surface area contributed by atoms with Crippen LogP contribution in [-0.4, -0.2) is 56.5 Å². The highest BCUT2D eigenvalue weighted by Gasteiger charge is 2.50. The molecule has 0 saturated carbocycles. The molecule has 0 aromatic heterocycles. The molecule has 10 heteroatoms. The molecule has 1 aromatic rings. The molecule has 0 aliphatic carbocycles. The number of carbonyl (C=O) groups excluding carboxylic acids is 1. The number of amides is 1. The Balaban J connectivity index is 2.11. The van der Waals surface area contributed by atoms with E-state index in [1.807, 2.05) is 13.8 Å². The van der Waals surface area contributed by atoms with Gasteiger partial charge in [-0.1, -0.05) is 37.2 Å². The molecule has 2 heterocycles. The lowest BCUT2D eigenvalue weighted by atomic mass is 10.1. The van der Waals surface area contributed by atoms with Gasteiger partial charge in [0.2, 0.25) is 0 Å². The second-order valence-corrected chi connectivity index (χ2v) is 10.6. The van der Waals surface area contributed by atoms with Crippen molar-refractivity contribution in [3.8, 4) is 11.5 Å². The van der Waals surface area contributed by atoms with Crippen LogP contribution in [0.1, 0.15) is 20.3 Å². The number of rotatable bonds is 5. The third kappa shape index (κ3) is 3.97. The van der Waals surface area contributed by atoms with Gasteiger partial charge < -0.3 is 14.4 Å². The van der Waals surface area contributed by atoms with Gasteiger partial charge in [-0.2, -0.15) is 4.99 Å². The second-order valence-electron chi connectivity index (χ2n) is 6.87. The largest absolute Gasteiger partial charge is 0.495 e. The summed E-state index contributed by atoms with van der Waals surface area (Å²) >= 11 is 7.65. The number of sulfone groups is 1. The molecule has 2 aliphatic heterocycles. The predicted octanol–water partition coefficient (Wildman–Crippen LogP) is 3.00. The number of nitrogens with zero attached hydrogens (tertiary/aromatic N) is 2. The molecule has 3 atom stereocenters. The Kier molecular flexibility index (Phi) is 6.17. The number of halogens is 1. The molecule has 28 heavy (non-hydrogen) atoms. The molecule has 3 unspecified atom stereocenters. The van der Waals surface area contributed by atoms with Gasteiger partial charge in [0.1, 0.15) is 11.5 Å². The Morgan fingerprint density at radius 3 is 2.61 bits per heavy atom. The third-order valence-corrected chi connectivity index (χ3v) is 8.52. The quantitative estimate of drug-likeness (QED) is 0.687. The Morgan fingerprint density at radius 1 is 1.32 bits per heavy atom. The van der Waals surface area contributed by atoms with E-state index in [2.05, 4.69) is 4.99 Å². The number of anilines is 1. The summed E-state index contributed by atoms with van der Waals surface area (Å²) in [7, 11) is -0.146. The summed E-state index contributed by atoms with van der Waals surface area (Å²) in [6.07, 6.45) is 0.680. The Labute approximate surface area is 174 Å². The van der Waals surface area contributed by atoms with Crippen LogP contribution < -0.4 is 14.4 Å². The van der Waals surface area contributed by atoms with Gasteiger partial charge >= 0.3 is 0 Å². The molecule has 0 radical (unpaired) electrons. The van der Waals surface area contributed by atoms with Crippen LogP contribution in [0.3, 0.4) is 0 Å². The van der Waals surface area contributed by atoms with Gasteiger partial charge in [-0.25, -0.2) is 8.42 Å². The summed E-state index contributed by atoms with van der Waals surface area (Å²) in [6, 6.07) is 2.97. The first-order chi connectivity index (χ1) is 13.2. The van der Waals surface area contributed by atoms with E-state index in [0.29, 0.717) is 33.8 Å². The van der Waals surface area contributed by atoms with Crippen LogP contribution >= 0.6 is 23.4 Å². The van der Waals surface area contributed by atoms with Crippen molar-refractivity contribution >= 4 is 50.0 Å². The number of ether oxygens (including phenoxy) is 2. The third-order valence-electron chi connectivity index (χ3n) is 5.02. The molecule has 7 nitrogen and oxygen atoms in total. The van der Waals surface area contributed by atoms with Crippen LogP contribution in [-0.2, 0) is 14.6 Å². The first-order valence-electron chi connectivity index (χ1n) is 8.91. The summed E-state index contributed by atoms with van der Waals surface area (Å²) in [5, 5.41) is 0.647. The SMILES string of the molecule is CCC(C)C(=O)N=C1SC2CS(=O)(=O)CC2N1c1cc(Cl)c(OC)cc1OC. The number of amidine groups is 1. The van der Waals surface area contributed by atoms with Gasteiger partial charge in [-0.3, -0.25) is 4.79 Å². The van der Waals surface area contributed by atoms with E-state index in [1.54, 1.807) is 17.0 Å². The molecule has 3 rings (SSSR count). The average molecular weight is 447 g/mol. The van der Waals surface area contributed by atoms with E-state index in [1.165, 1.54) is 26.0 Å². The molecule has 154 valence electrons.